The maximum absolute atomic E-state index is 12.9. The Morgan fingerprint density at radius 1 is 1.00 bits per heavy atom. The highest BCUT2D eigenvalue weighted by atomic mass is 32.2. The second kappa shape index (κ2) is 8.61. The summed E-state index contributed by atoms with van der Waals surface area (Å²) in [6, 6.07) is 6.80. The Morgan fingerprint density at radius 3 is 2.25 bits per heavy atom. The highest BCUT2D eigenvalue weighted by Crippen LogP contribution is 2.27. The highest BCUT2D eigenvalue weighted by Gasteiger charge is 2.36. The van der Waals surface area contributed by atoms with Crippen molar-refractivity contribution >= 4 is 21.9 Å². The number of nitrogens with zero attached hydrogens (tertiary/aromatic N) is 2. The molecule has 2 aliphatic heterocycles. The Kier molecular flexibility index (Phi) is 6.40. The molecule has 28 heavy (non-hydrogen) atoms. The van der Waals surface area contributed by atoms with Crippen LogP contribution in [-0.2, 0) is 24.3 Å². The monoisotopic (exact) mass is 408 g/mol. The molecule has 0 spiro atoms. The number of benzene rings is 1. The van der Waals surface area contributed by atoms with Gasteiger partial charge in [0, 0.05) is 26.2 Å². The zero-order valence-electron chi connectivity index (χ0n) is 16.5. The summed E-state index contributed by atoms with van der Waals surface area (Å²) in [6.07, 6.45) is 2.54. The first-order chi connectivity index (χ1) is 13.3. The van der Waals surface area contributed by atoms with Crippen LogP contribution in [0.5, 0.6) is 0 Å². The fourth-order valence-electron chi connectivity index (χ4n) is 3.98. The molecular formula is C20H28N2O5S. The highest BCUT2D eigenvalue weighted by molar-refractivity contribution is 7.89. The van der Waals surface area contributed by atoms with E-state index in [2.05, 4.69) is 0 Å². The Labute approximate surface area is 166 Å². The topological polar surface area (TPSA) is 84.0 Å². The minimum absolute atomic E-state index is 0.00729. The van der Waals surface area contributed by atoms with Crippen LogP contribution in [0.3, 0.4) is 0 Å². The van der Waals surface area contributed by atoms with Crippen molar-refractivity contribution in [3.63, 3.8) is 0 Å². The predicted molar refractivity (Wildman–Crippen MR) is 104 cm³/mol. The van der Waals surface area contributed by atoms with E-state index in [0.29, 0.717) is 45.3 Å². The molecule has 2 saturated heterocycles. The van der Waals surface area contributed by atoms with Crippen molar-refractivity contribution in [1.82, 2.24) is 9.21 Å². The largest absolute Gasteiger partial charge is 0.469 e. The van der Waals surface area contributed by atoms with Crippen LogP contribution in [0.1, 0.15) is 31.2 Å². The molecular weight excluding hydrogens is 380 g/mol. The van der Waals surface area contributed by atoms with E-state index in [4.69, 9.17) is 4.74 Å². The average Bonchev–Trinajstić information content (AvgIpc) is 2.73. The molecule has 0 N–H and O–H groups in total. The lowest BCUT2D eigenvalue weighted by Crippen LogP contribution is -2.49. The minimum Gasteiger partial charge on any atom is -0.469 e. The Hall–Kier alpha value is -1.93. The van der Waals surface area contributed by atoms with E-state index in [-0.39, 0.29) is 35.2 Å². The normalized spacial score (nSPS) is 22.1. The molecule has 1 aromatic rings. The predicted octanol–water partition coefficient (Wildman–Crippen LogP) is 1.81. The Morgan fingerprint density at radius 2 is 1.64 bits per heavy atom. The van der Waals surface area contributed by atoms with Crippen molar-refractivity contribution < 1.29 is 22.7 Å². The van der Waals surface area contributed by atoms with Crippen molar-refractivity contribution in [2.24, 2.45) is 11.8 Å². The summed E-state index contributed by atoms with van der Waals surface area (Å²) >= 11 is 0. The number of sulfonamides is 1. The Bertz CT molecular complexity index is 814. The molecule has 3 rings (SSSR count). The molecule has 1 amide bonds. The summed E-state index contributed by atoms with van der Waals surface area (Å²) in [6.45, 7) is 3.59. The molecule has 0 aliphatic carbocycles. The first-order valence-corrected chi connectivity index (χ1v) is 11.2. The third kappa shape index (κ3) is 4.38. The third-order valence-electron chi connectivity index (χ3n) is 5.73. The molecule has 2 aliphatic rings. The smallest absolute Gasteiger partial charge is 0.308 e. The van der Waals surface area contributed by atoms with Crippen molar-refractivity contribution in [2.45, 2.75) is 37.5 Å². The lowest BCUT2D eigenvalue weighted by atomic mass is 9.93. The molecule has 0 unspecified atom stereocenters. The summed E-state index contributed by atoms with van der Waals surface area (Å²) in [7, 11) is -2.22. The van der Waals surface area contributed by atoms with Crippen LogP contribution in [0.4, 0.5) is 0 Å². The third-order valence-corrected chi connectivity index (χ3v) is 7.61. The van der Waals surface area contributed by atoms with Crippen LogP contribution in [0.25, 0.3) is 0 Å². The average molecular weight is 409 g/mol. The second-order valence-corrected chi connectivity index (χ2v) is 9.58. The van der Waals surface area contributed by atoms with Gasteiger partial charge in [-0.3, -0.25) is 9.59 Å². The number of esters is 1. The molecule has 8 heteroatoms. The van der Waals surface area contributed by atoms with E-state index in [9.17, 15) is 18.0 Å². The quantitative estimate of drug-likeness (QED) is 0.710. The SMILES string of the molecule is COC(=O)C1CCN(C(=O)[C@@H]2CCCN(S(=O)(=O)c3ccc(C)cc3)C2)CC1. The number of hydrogen-bond donors (Lipinski definition) is 0. The van der Waals surface area contributed by atoms with E-state index in [1.807, 2.05) is 6.92 Å². The van der Waals surface area contributed by atoms with Gasteiger partial charge in [0.2, 0.25) is 15.9 Å². The van der Waals surface area contributed by atoms with Crippen LogP contribution in [0.2, 0.25) is 0 Å². The number of carbonyl (C=O) groups is 2. The van der Waals surface area contributed by atoms with Gasteiger partial charge in [-0.15, -0.1) is 0 Å². The van der Waals surface area contributed by atoms with Crippen molar-refractivity contribution in [1.29, 1.82) is 0 Å². The fourth-order valence-corrected chi connectivity index (χ4v) is 5.51. The van der Waals surface area contributed by atoms with Crippen molar-refractivity contribution in [3.8, 4) is 0 Å². The maximum atomic E-state index is 12.9. The Balaban J connectivity index is 1.64. The van der Waals surface area contributed by atoms with E-state index in [1.54, 1.807) is 29.2 Å². The van der Waals surface area contributed by atoms with Gasteiger partial charge in [-0.05, 0) is 44.7 Å². The summed E-state index contributed by atoms with van der Waals surface area (Å²) in [5.74, 6) is -0.713. The zero-order chi connectivity index (χ0) is 20.3. The summed E-state index contributed by atoms with van der Waals surface area (Å²) < 4.78 is 32.1. The molecule has 154 valence electrons. The van der Waals surface area contributed by atoms with Crippen LogP contribution in [0.15, 0.2) is 29.2 Å². The first kappa shape index (κ1) is 20.8. The number of ether oxygens (including phenoxy) is 1. The van der Waals surface area contributed by atoms with E-state index < -0.39 is 10.0 Å². The molecule has 0 aromatic heterocycles. The van der Waals surface area contributed by atoms with Gasteiger partial charge < -0.3 is 9.64 Å². The molecule has 1 aromatic carbocycles. The molecule has 1 atom stereocenters. The summed E-state index contributed by atoms with van der Waals surface area (Å²) in [5.41, 5.74) is 1.00. The van der Waals surface area contributed by atoms with Gasteiger partial charge in [-0.1, -0.05) is 17.7 Å². The number of methoxy groups -OCH3 is 1. The van der Waals surface area contributed by atoms with Gasteiger partial charge in [0.15, 0.2) is 0 Å². The molecule has 2 heterocycles. The molecule has 0 saturated carbocycles. The van der Waals surface area contributed by atoms with E-state index in [0.717, 1.165) is 5.56 Å². The van der Waals surface area contributed by atoms with Crippen LogP contribution in [0, 0.1) is 18.8 Å². The summed E-state index contributed by atoms with van der Waals surface area (Å²) in [4.78, 5) is 26.6. The zero-order valence-corrected chi connectivity index (χ0v) is 17.3. The number of hydrogen-bond acceptors (Lipinski definition) is 5. The van der Waals surface area contributed by atoms with E-state index >= 15 is 0 Å². The van der Waals surface area contributed by atoms with Crippen molar-refractivity contribution in [3.05, 3.63) is 29.8 Å². The first-order valence-electron chi connectivity index (χ1n) is 9.76. The van der Waals surface area contributed by atoms with E-state index in [1.165, 1.54) is 11.4 Å². The number of amides is 1. The van der Waals surface area contributed by atoms with Crippen LogP contribution in [-0.4, -0.2) is 62.8 Å². The number of likely N-dealkylation sites (tertiary alicyclic amines) is 1. The molecule has 0 radical (unpaired) electrons. The van der Waals surface area contributed by atoms with Gasteiger partial charge in [0.05, 0.1) is 23.8 Å². The maximum Gasteiger partial charge on any atom is 0.308 e. The number of carbonyl (C=O) groups excluding carboxylic acids is 2. The van der Waals surface area contributed by atoms with Gasteiger partial charge >= 0.3 is 5.97 Å². The molecule has 0 bridgehead atoms. The number of aryl methyl sites for hydroxylation is 1. The molecule has 2 fully saturated rings. The minimum atomic E-state index is -3.60. The number of piperidine rings is 2. The van der Waals surface area contributed by atoms with Gasteiger partial charge in [0.1, 0.15) is 0 Å². The van der Waals surface area contributed by atoms with Crippen molar-refractivity contribution in [2.75, 3.05) is 33.3 Å². The fraction of sp³-hybridized carbons (Fsp3) is 0.600. The lowest BCUT2D eigenvalue weighted by Gasteiger charge is -2.37. The van der Waals surface area contributed by atoms with Crippen LogP contribution >= 0.6 is 0 Å². The molecule has 7 nitrogen and oxygen atoms in total. The second-order valence-electron chi connectivity index (χ2n) is 7.64. The standard InChI is InChI=1S/C20H28N2O5S/c1-15-5-7-18(8-6-15)28(25,26)22-11-3-4-17(14-22)19(23)21-12-9-16(10-13-21)20(24)27-2/h5-8,16-17H,3-4,9-14H2,1-2H3/t17-/m1/s1. The van der Waals surface area contributed by atoms with Gasteiger partial charge in [-0.2, -0.15) is 4.31 Å². The van der Waals surface area contributed by atoms with Gasteiger partial charge in [0.25, 0.3) is 0 Å². The van der Waals surface area contributed by atoms with Crippen LogP contribution < -0.4 is 0 Å². The number of rotatable bonds is 4. The van der Waals surface area contributed by atoms with Gasteiger partial charge in [-0.25, -0.2) is 8.42 Å². The lowest BCUT2D eigenvalue weighted by molar-refractivity contribution is -0.149. The summed E-state index contributed by atoms with van der Waals surface area (Å²) in [5, 5.41) is 0.